The van der Waals surface area contributed by atoms with Gasteiger partial charge in [0.2, 0.25) is 10.0 Å². The Morgan fingerprint density at radius 3 is 2.76 bits per heavy atom. The summed E-state index contributed by atoms with van der Waals surface area (Å²) in [5, 5.41) is 3.30. The molecule has 1 aliphatic carbocycles. The van der Waals surface area contributed by atoms with Crippen LogP contribution in [0.4, 0.5) is 0 Å². The highest BCUT2D eigenvalue weighted by Crippen LogP contribution is 2.30. The van der Waals surface area contributed by atoms with Crippen molar-refractivity contribution < 1.29 is 12.8 Å². The van der Waals surface area contributed by atoms with Gasteiger partial charge in [-0.25, -0.2) is 8.42 Å². The molecule has 1 aliphatic rings. The second-order valence-corrected chi connectivity index (χ2v) is 8.04. The van der Waals surface area contributed by atoms with E-state index in [1.807, 2.05) is 13.8 Å². The first kappa shape index (κ1) is 16.7. The van der Waals surface area contributed by atoms with E-state index in [4.69, 9.17) is 4.42 Å². The van der Waals surface area contributed by atoms with Crippen molar-refractivity contribution >= 4 is 26.0 Å². The molecule has 0 aromatic carbocycles. The lowest BCUT2D eigenvalue weighted by Crippen LogP contribution is -2.37. The van der Waals surface area contributed by atoms with Gasteiger partial charge in [0.15, 0.2) is 4.67 Å². The van der Waals surface area contributed by atoms with Gasteiger partial charge in [0.25, 0.3) is 0 Å². The van der Waals surface area contributed by atoms with E-state index < -0.39 is 10.0 Å². The van der Waals surface area contributed by atoms with Gasteiger partial charge in [-0.3, -0.25) is 0 Å². The van der Waals surface area contributed by atoms with E-state index in [0.717, 1.165) is 0 Å². The molecule has 0 saturated heterocycles. The summed E-state index contributed by atoms with van der Waals surface area (Å²) in [7, 11) is -3.60. The average molecular weight is 377 g/mol. The SMILES string of the molecule is C=CCN(C(C)C)S(=O)(=O)c1cc(CNC2CC2)oc1Br. The molecular weight excluding hydrogens is 356 g/mol. The summed E-state index contributed by atoms with van der Waals surface area (Å²) in [6.45, 7) is 8.11. The van der Waals surface area contributed by atoms with Gasteiger partial charge in [0.1, 0.15) is 10.7 Å². The third kappa shape index (κ3) is 3.97. The smallest absolute Gasteiger partial charge is 0.247 e. The average Bonchev–Trinajstić information content (AvgIpc) is 3.15. The monoisotopic (exact) mass is 376 g/mol. The van der Waals surface area contributed by atoms with Crippen LogP contribution in [-0.2, 0) is 16.6 Å². The number of rotatable bonds is 8. The standard InChI is InChI=1S/C14H21BrN2O3S/c1-4-7-17(10(2)3)21(18,19)13-8-12(20-14(13)15)9-16-11-5-6-11/h4,8,10-11,16H,1,5-7,9H2,2-3H3. The van der Waals surface area contributed by atoms with Crippen LogP contribution >= 0.6 is 15.9 Å². The van der Waals surface area contributed by atoms with Crippen LogP contribution in [0.5, 0.6) is 0 Å². The van der Waals surface area contributed by atoms with Crippen LogP contribution < -0.4 is 5.32 Å². The van der Waals surface area contributed by atoms with Gasteiger partial charge in [-0.05, 0) is 42.6 Å². The Kier molecular flexibility index (Phi) is 5.29. The van der Waals surface area contributed by atoms with E-state index >= 15 is 0 Å². The highest BCUT2D eigenvalue weighted by molar-refractivity contribution is 9.10. The second-order valence-electron chi connectivity index (χ2n) is 5.46. The fraction of sp³-hybridized carbons (Fsp3) is 0.571. The minimum atomic E-state index is -3.60. The van der Waals surface area contributed by atoms with Gasteiger partial charge in [-0.1, -0.05) is 6.08 Å². The number of sulfonamides is 1. The largest absolute Gasteiger partial charge is 0.452 e. The van der Waals surface area contributed by atoms with Crippen LogP contribution in [0.15, 0.2) is 32.7 Å². The first-order valence-corrected chi connectivity index (χ1v) is 9.24. The molecule has 2 rings (SSSR count). The number of hydrogen-bond acceptors (Lipinski definition) is 4. The Hall–Kier alpha value is -0.630. The van der Waals surface area contributed by atoms with Gasteiger partial charge < -0.3 is 9.73 Å². The molecule has 118 valence electrons. The number of furan rings is 1. The third-order valence-corrected chi connectivity index (χ3v) is 6.22. The zero-order valence-electron chi connectivity index (χ0n) is 12.3. The molecule has 1 aromatic rings. The maximum atomic E-state index is 12.7. The molecule has 1 fully saturated rings. The summed E-state index contributed by atoms with van der Waals surface area (Å²) in [4.78, 5) is 0.172. The van der Waals surface area contributed by atoms with E-state index in [1.165, 1.54) is 17.1 Å². The molecule has 0 radical (unpaired) electrons. The van der Waals surface area contributed by atoms with E-state index in [1.54, 1.807) is 12.1 Å². The number of halogens is 1. The minimum absolute atomic E-state index is 0.150. The maximum Gasteiger partial charge on any atom is 0.247 e. The Balaban J connectivity index is 2.23. The van der Waals surface area contributed by atoms with Crippen LogP contribution in [0.3, 0.4) is 0 Å². The fourth-order valence-corrected chi connectivity index (χ4v) is 4.60. The fourth-order valence-electron chi connectivity index (χ4n) is 2.03. The predicted molar refractivity (Wildman–Crippen MR) is 85.5 cm³/mol. The molecule has 5 nitrogen and oxygen atoms in total. The van der Waals surface area contributed by atoms with Crippen LogP contribution in [-0.4, -0.2) is 31.4 Å². The highest BCUT2D eigenvalue weighted by atomic mass is 79.9. The molecule has 0 atom stereocenters. The molecule has 21 heavy (non-hydrogen) atoms. The van der Waals surface area contributed by atoms with Crippen molar-refractivity contribution in [3.63, 3.8) is 0 Å². The minimum Gasteiger partial charge on any atom is -0.452 e. The number of nitrogens with zero attached hydrogens (tertiary/aromatic N) is 1. The lowest BCUT2D eigenvalue weighted by atomic mass is 10.4. The zero-order chi connectivity index (χ0) is 15.6. The lowest BCUT2D eigenvalue weighted by molar-refractivity contribution is 0.381. The van der Waals surface area contributed by atoms with Gasteiger partial charge in [0.05, 0.1) is 6.54 Å². The van der Waals surface area contributed by atoms with E-state index in [0.29, 0.717) is 18.3 Å². The molecular formula is C14H21BrN2O3S. The summed E-state index contributed by atoms with van der Waals surface area (Å²) in [5.41, 5.74) is 0. The van der Waals surface area contributed by atoms with Crippen molar-refractivity contribution in [2.24, 2.45) is 0 Å². The van der Waals surface area contributed by atoms with Gasteiger partial charge in [0, 0.05) is 24.7 Å². The van der Waals surface area contributed by atoms with Crippen molar-refractivity contribution in [2.45, 2.75) is 50.2 Å². The summed E-state index contributed by atoms with van der Waals surface area (Å²) >= 11 is 3.22. The normalized spacial score (nSPS) is 15.9. The van der Waals surface area contributed by atoms with Crippen molar-refractivity contribution in [3.05, 3.63) is 29.2 Å². The van der Waals surface area contributed by atoms with Crippen LogP contribution in [0.2, 0.25) is 0 Å². The van der Waals surface area contributed by atoms with Gasteiger partial charge in [-0.2, -0.15) is 4.31 Å². The molecule has 0 amide bonds. The Morgan fingerprint density at radius 1 is 1.57 bits per heavy atom. The number of nitrogens with one attached hydrogen (secondary N) is 1. The molecule has 1 heterocycles. The summed E-state index contributed by atoms with van der Waals surface area (Å²) in [6, 6.07) is 1.98. The topological polar surface area (TPSA) is 62.6 Å². The van der Waals surface area contributed by atoms with Gasteiger partial charge >= 0.3 is 0 Å². The summed E-state index contributed by atoms with van der Waals surface area (Å²) in [6.07, 6.45) is 3.93. The zero-order valence-corrected chi connectivity index (χ0v) is 14.7. The molecule has 0 bridgehead atoms. The Bertz CT molecular complexity index is 606. The van der Waals surface area contributed by atoms with E-state index in [2.05, 4.69) is 27.8 Å². The first-order chi connectivity index (χ1) is 9.86. The molecule has 0 spiro atoms. The molecule has 1 aromatic heterocycles. The van der Waals surface area contributed by atoms with Crippen LogP contribution in [0, 0.1) is 0 Å². The third-order valence-electron chi connectivity index (χ3n) is 3.32. The quantitative estimate of drug-likeness (QED) is 0.708. The second kappa shape index (κ2) is 6.64. The first-order valence-electron chi connectivity index (χ1n) is 7.00. The van der Waals surface area contributed by atoms with Crippen LogP contribution in [0.25, 0.3) is 0 Å². The van der Waals surface area contributed by atoms with Crippen LogP contribution in [0.1, 0.15) is 32.4 Å². The highest BCUT2D eigenvalue weighted by Gasteiger charge is 2.31. The van der Waals surface area contributed by atoms with Crippen molar-refractivity contribution in [1.82, 2.24) is 9.62 Å². The van der Waals surface area contributed by atoms with Crippen molar-refractivity contribution in [2.75, 3.05) is 6.54 Å². The van der Waals surface area contributed by atoms with Gasteiger partial charge in [-0.15, -0.1) is 6.58 Å². The van der Waals surface area contributed by atoms with Crippen molar-refractivity contribution in [3.8, 4) is 0 Å². The number of hydrogen-bond donors (Lipinski definition) is 1. The van der Waals surface area contributed by atoms with E-state index in [9.17, 15) is 8.42 Å². The molecule has 0 unspecified atom stereocenters. The maximum absolute atomic E-state index is 12.7. The molecule has 0 aliphatic heterocycles. The molecule has 1 N–H and O–H groups in total. The Morgan fingerprint density at radius 2 is 2.24 bits per heavy atom. The lowest BCUT2D eigenvalue weighted by Gasteiger charge is -2.23. The predicted octanol–water partition coefficient (Wildman–Crippen LogP) is 2.88. The molecule has 1 saturated carbocycles. The molecule has 7 heteroatoms. The van der Waals surface area contributed by atoms with E-state index in [-0.39, 0.29) is 22.2 Å². The summed E-state index contributed by atoms with van der Waals surface area (Å²) in [5.74, 6) is 0.620. The summed E-state index contributed by atoms with van der Waals surface area (Å²) < 4.78 is 32.6. The Labute approximate surface area is 134 Å². The van der Waals surface area contributed by atoms with Crippen molar-refractivity contribution in [1.29, 1.82) is 0 Å².